The second-order valence-corrected chi connectivity index (χ2v) is 1.79. The third-order valence-electron chi connectivity index (χ3n) is 1.29. The van der Waals surface area contributed by atoms with Gasteiger partial charge in [-0.15, -0.1) is 0 Å². The summed E-state index contributed by atoms with van der Waals surface area (Å²) in [6.07, 6.45) is 0. The van der Waals surface area contributed by atoms with Gasteiger partial charge in [0.15, 0.2) is 0 Å². The van der Waals surface area contributed by atoms with E-state index in [1.165, 1.54) is 0 Å². The molecule has 1 aliphatic heterocycles. The molecule has 0 bridgehead atoms. The average Bonchev–Trinajstić information content (AvgIpc) is 1.83. The molecule has 0 aromatic carbocycles. The number of aliphatic hydroxyl groups is 1. The fourth-order valence-electron chi connectivity index (χ4n) is 0.530. The second kappa shape index (κ2) is 1.43. The molecule has 1 heterocycles. The van der Waals surface area contributed by atoms with E-state index in [2.05, 4.69) is 10.6 Å². The quantitative estimate of drug-likeness (QED) is 0.275. The van der Waals surface area contributed by atoms with E-state index in [9.17, 15) is 4.79 Å². The molecule has 0 aliphatic carbocycles. The summed E-state index contributed by atoms with van der Waals surface area (Å²) in [6.45, 7) is 0.308. The maximum atomic E-state index is 10.4. The maximum absolute atomic E-state index is 10.4. The highest BCUT2D eigenvalue weighted by Crippen LogP contribution is 2.05. The van der Waals surface area contributed by atoms with Gasteiger partial charge < -0.3 is 10.4 Å². The van der Waals surface area contributed by atoms with Gasteiger partial charge in [0.1, 0.15) is 0 Å². The minimum atomic E-state index is -1.28. The molecule has 1 unspecified atom stereocenters. The first-order valence-electron chi connectivity index (χ1n) is 2.38. The lowest BCUT2D eigenvalue weighted by Crippen LogP contribution is -2.71. The minimum Gasteiger partial charge on any atom is -0.366 e. The Labute approximate surface area is 46.9 Å². The molecule has 1 aliphatic rings. The Morgan fingerprint density at radius 1 is 2.00 bits per heavy atom. The molecule has 4 heteroatoms. The zero-order valence-electron chi connectivity index (χ0n) is 4.56. The van der Waals surface area contributed by atoms with Gasteiger partial charge in [0, 0.05) is 0 Å². The van der Waals surface area contributed by atoms with Crippen molar-refractivity contribution >= 4 is 5.91 Å². The number of amides is 1. The molecule has 1 saturated heterocycles. The number of β-lactam (4-membered cyclic amide) rings is 1. The molecule has 0 saturated carbocycles. The van der Waals surface area contributed by atoms with Crippen molar-refractivity contribution in [3.8, 4) is 0 Å². The second-order valence-electron chi connectivity index (χ2n) is 1.79. The highest BCUT2D eigenvalue weighted by atomic mass is 16.3. The van der Waals surface area contributed by atoms with Crippen LogP contribution in [0.25, 0.3) is 0 Å². The van der Waals surface area contributed by atoms with Crippen molar-refractivity contribution in [3.05, 3.63) is 0 Å². The van der Waals surface area contributed by atoms with Crippen molar-refractivity contribution in [2.45, 2.75) is 5.72 Å². The van der Waals surface area contributed by atoms with Crippen molar-refractivity contribution in [2.24, 2.45) is 0 Å². The van der Waals surface area contributed by atoms with E-state index in [0.29, 0.717) is 6.54 Å². The van der Waals surface area contributed by atoms with Gasteiger partial charge in [-0.2, -0.15) is 0 Å². The Kier molecular flexibility index (Phi) is 0.988. The number of nitrogens with one attached hydrogen (secondary N) is 2. The summed E-state index contributed by atoms with van der Waals surface area (Å²) in [4.78, 5) is 10.4. The van der Waals surface area contributed by atoms with Gasteiger partial charge in [-0.1, -0.05) is 0 Å². The topological polar surface area (TPSA) is 61.4 Å². The van der Waals surface area contributed by atoms with Crippen LogP contribution >= 0.6 is 0 Å². The molecular weight excluding hydrogens is 108 g/mol. The van der Waals surface area contributed by atoms with Crippen LogP contribution in [0.1, 0.15) is 0 Å². The molecule has 1 amide bonds. The van der Waals surface area contributed by atoms with Gasteiger partial charge in [-0.25, -0.2) is 0 Å². The van der Waals surface area contributed by atoms with E-state index in [1.807, 2.05) is 0 Å². The first-order chi connectivity index (χ1) is 3.69. The third-order valence-corrected chi connectivity index (χ3v) is 1.29. The Bertz CT molecular complexity index is 121. The van der Waals surface area contributed by atoms with Crippen LogP contribution in [0.3, 0.4) is 0 Å². The molecule has 3 N–H and O–H groups in total. The van der Waals surface area contributed by atoms with E-state index < -0.39 is 5.72 Å². The first-order valence-corrected chi connectivity index (χ1v) is 2.38. The molecule has 0 aromatic heterocycles. The number of hydrogen-bond donors (Lipinski definition) is 3. The fourth-order valence-corrected chi connectivity index (χ4v) is 0.530. The van der Waals surface area contributed by atoms with Crippen LogP contribution in [-0.2, 0) is 4.79 Å². The van der Waals surface area contributed by atoms with Crippen LogP contribution in [0.15, 0.2) is 0 Å². The standard InChI is InChI=1S/C4H8N2O2/c1-5-4(8)2-6-3(4)7/h5,8H,2H2,1H3,(H,6,7). The molecular formula is C4H8N2O2. The number of rotatable bonds is 1. The number of carbonyl (C=O) groups excluding carboxylic acids is 1. The van der Waals surface area contributed by atoms with Crippen molar-refractivity contribution in [3.63, 3.8) is 0 Å². The summed E-state index contributed by atoms with van der Waals surface area (Å²) >= 11 is 0. The predicted octanol–water partition coefficient (Wildman–Crippen LogP) is -1.98. The zero-order chi connectivity index (χ0) is 6.20. The molecule has 46 valence electrons. The van der Waals surface area contributed by atoms with E-state index in [-0.39, 0.29) is 5.91 Å². The van der Waals surface area contributed by atoms with Crippen LogP contribution < -0.4 is 10.6 Å². The van der Waals surface area contributed by atoms with E-state index in [0.717, 1.165) is 0 Å². The fraction of sp³-hybridized carbons (Fsp3) is 0.750. The van der Waals surface area contributed by atoms with Crippen LogP contribution in [0.2, 0.25) is 0 Å². The molecule has 0 spiro atoms. The van der Waals surface area contributed by atoms with Gasteiger partial charge in [0.25, 0.3) is 5.91 Å². The van der Waals surface area contributed by atoms with Crippen molar-refractivity contribution in [1.29, 1.82) is 0 Å². The summed E-state index contributed by atoms with van der Waals surface area (Å²) < 4.78 is 0. The molecule has 0 aromatic rings. The molecule has 1 rings (SSSR count). The average molecular weight is 116 g/mol. The van der Waals surface area contributed by atoms with Crippen LogP contribution in [0.5, 0.6) is 0 Å². The normalized spacial score (nSPS) is 36.0. The summed E-state index contributed by atoms with van der Waals surface area (Å²) in [5.41, 5.74) is -1.28. The number of likely N-dealkylation sites (N-methyl/N-ethyl adjacent to an activating group) is 1. The number of hydrogen-bond acceptors (Lipinski definition) is 3. The van der Waals surface area contributed by atoms with E-state index in [4.69, 9.17) is 5.11 Å². The number of β-amino-alcohol motifs (C(OH)–C–C–N with tert-alkyl or cyclic N) is 1. The van der Waals surface area contributed by atoms with E-state index >= 15 is 0 Å². The summed E-state index contributed by atoms with van der Waals surface area (Å²) in [6, 6.07) is 0. The highest BCUT2D eigenvalue weighted by molar-refractivity contribution is 5.90. The SMILES string of the molecule is CNC1(O)CNC1=O. The van der Waals surface area contributed by atoms with Gasteiger partial charge in [0.2, 0.25) is 5.72 Å². The van der Waals surface area contributed by atoms with E-state index in [1.54, 1.807) is 7.05 Å². The monoisotopic (exact) mass is 116 g/mol. The molecule has 8 heavy (non-hydrogen) atoms. The van der Waals surface area contributed by atoms with Crippen molar-refractivity contribution in [2.75, 3.05) is 13.6 Å². The van der Waals surface area contributed by atoms with Crippen molar-refractivity contribution < 1.29 is 9.90 Å². The van der Waals surface area contributed by atoms with Crippen LogP contribution in [0, 0.1) is 0 Å². The molecule has 0 radical (unpaired) electrons. The summed E-state index contributed by atoms with van der Waals surface area (Å²) in [5.74, 6) is -0.347. The lowest BCUT2D eigenvalue weighted by atomic mass is 10.1. The Morgan fingerprint density at radius 3 is 2.62 bits per heavy atom. The summed E-state index contributed by atoms with van der Waals surface area (Å²) in [5, 5.41) is 13.8. The highest BCUT2D eigenvalue weighted by Gasteiger charge is 2.42. The van der Waals surface area contributed by atoms with Gasteiger partial charge >= 0.3 is 0 Å². The molecule has 1 fully saturated rings. The maximum Gasteiger partial charge on any atom is 0.269 e. The predicted molar refractivity (Wildman–Crippen MR) is 27.0 cm³/mol. The molecule has 1 atom stereocenters. The largest absolute Gasteiger partial charge is 0.366 e. The summed E-state index contributed by atoms with van der Waals surface area (Å²) in [7, 11) is 1.54. The van der Waals surface area contributed by atoms with Gasteiger partial charge in [-0.3, -0.25) is 10.1 Å². The van der Waals surface area contributed by atoms with Crippen LogP contribution in [0.4, 0.5) is 0 Å². The molecule has 4 nitrogen and oxygen atoms in total. The Balaban J connectivity index is 2.55. The first kappa shape index (κ1) is 5.53. The smallest absolute Gasteiger partial charge is 0.269 e. The van der Waals surface area contributed by atoms with Crippen molar-refractivity contribution in [1.82, 2.24) is 10.6 Å². The van der Waals surface area contributed by atoms with Gasteiger partial charge in [0.05, 0.1) is 6.54 Å². The third kappa shape index (κ3) is 0.502. The zero-order valence-corrected chi connectivity index (χ0v) is 4.56. The Morgan fingerprint density at radius 2 is 2.62 bits per heavy atom. The number of carbonyl (C=O) groups is 1. The van der Waals surface area contributed by atoms with Gasteiger partial charge in [-0.05, 0) is 7.05 Å². The Hall–Kier alpha value is -0.610. The minimum absolute atomic E-state index is 0.308. The lowest BCUT2D eigenvalue weighted by molar-refractivity contribution is -0.155. The van der Waals surface area contributed by atoms with Crippen LogP contribution in [-0.4, -0.2) is 30.3 Å². The lowest BCUT2D eigenvalue weighted by Gasteiger charge is -2.34.